The average Bonchev–Trinajstić information content (AvgIpc) is 3.20. The molecule has 0 saturated heterocycles. The lowest BCUT2D eigenvalue weighted by Gasteiger charge is -2.11. The summed E-state index contributed by atoms with van der Waals surface area (Å²) in [5.41, 5.74) is 5.39. The summed E-state index contributed by atoms with van der Waals surface area (Å²) in [5, 5.41) is 13.0. The molecule has 1 aromatic heterocycles. The lowest BCUT2D eigenvalue weighted by atomic mass is 10.1. The predicted molar refractivity (Wildman–Crippen MR) is 122 cm³/mol. The number of hydrogen-bond acceptors (Lipinski definition) is 6. The zero-order valence-electron chi connectivity index (χ0n) is 17.1. The molecule has 3 N–H and O–H groups in total. The van der Waals surface area contributed by atoms with Crippen LogP contribution in [-0.2, 0) is 4.79 Å². The molecule has 8 heteroatoms. The number of hydrogen-bond donors (Lipinski definition) is 3. The fraction of sp³-hybridized carbons (Fsp3) is 0.227. The number of hydrazone groups is 1. The monoisotopic (exact) mass is 424 g/mol. The van der Waals surface area contributed by atoms with Gasteiger partial charge in [-0.3, -0.25) is 9.59 Å². The number of carbonyl (C=O) groups is 2. The topological polar surface area (TPSA) is 91.8 Å². The second kappa shape index (κ2) is 9.89. The van der Waals surface area contributed by atoms with Crippen molar-refractivity contribution >= 4 is 44.6 Å². The molecule has 0 aliphatic rings. The van der Waals surface area contributed by atoms with Gasteiger partial charge < -0.3 is 15.4 Å². The second-order valence-electron chi connectivity index (χ2n) is 6.51. The molecule has 0 aliphatic heterocycles. The molecule has 0 atom stereocenters. The second-order valence-corrected chi connectivity index (χ2v) is 7.42. The first-order valence-corrected chi connectivity index (χ1v) is 10.4. The molecule has 0 unspecified atom stereocenters. The highest BCUT2D eigenvalue weighted by atomic mass is 32.1. The van der Waals surface area contributed by atoms with Crippen molar-refractivity contribution in [1.82, 2.24) is 10.7 Å². The number of anilines is 1. The van der Waals surface area contributed by atoms with E-state index in [4.69, 9.17) is 4.74 Å². The number of nitrogens with zero attached hydrogens (tertiary/aromatic N) is 1. The van der Waals surface area contributed by atoms with Crippen molar-refractivity contribution in [3.63, 3.8) is 0 Å². The molecule has 0 fully saturated rings. The SMILES string of the molecule is CCNc1ccc(C(=O)NCC(=O)N/N=C(\C)c2csc3ccccc23)cc1OC. The van der Waals surface area contributed by atoms with Crippen LogP contribution in [0.4, 0.5) is 5.69 Å². The molecule has 3 rings (SSSR count). The predicted octanol–water partition coefficient (Wildman–Crippen LogP) is 3.61. The van der Waals surface area contributed by atoms with Crippen molar-refractivity contribution in [3.8, 4) is 5.75 Å². The minimum absolute atomic E-state index is 0.183. The normalized spacial score (nSPS) is 11.2. The van der Waals surface area contributed by atoms with Gasteiger partial charge in [0.15, 0.2) is 0 Å². The van der Waals surface area contributed by atoms with Crippen molar-refractivity contribution in [2.45, 2.75) is 13.8 Å². The van der Waals surface area contributed by atoms with E-state index in [9.17, 15) is 9.59 Å². The minimum atomic E-state index is -0.404. The lowest BCUT2D eigenvalue weighted by molar-refractivity contribution is -0.120. The molecule has 2 aromatic carbocycles. The molecule has 0 radical (unpaired) electrons. The molecule has 3 aromatic rings. The fourth-order valence-electron chi connectivity index (χ4n) is 2.94. The van der Waals surface area contributed by atoms with Crippen molar-refractivity contribution in [2.24, 2.45) is 5.10 Å². The Bertz CT molecular complexity index is 1090. The van der Waals surface area contributed by atoms with Crippen LogP contribution in [0.2, 0.25) is 0 Å². The average molecular weight is 425 g/mol. The number of benzene rings is 2. The zero-order chi connectivity index (χ0) is 21.5. The quantitative estimate of drug-likeness (QED) is 0.380. The van der Waals surface area contributed by atoms with Gasteiger partial charge >= 0.3 is 0 Å². The number of ether oxygens (including phenoxy) is 1. The van der Waals surface area contributed by atoms with Gasteiger partial charge in [0.1, 0.15) is 5.75 Å². The summed E-state index contributed by atoms with van der Waals surface area (Å²) in [5.74, 6) is -0.202. The maximum Gasteiger partial charge on any atom is 0.259 e. The highest BCUT2D eigenvalue weighted by Crippen LogP contribution is 2.26. The number of thiophene rings is 1. The minimum Gasteiger partial charge on any atom is -0.495 e. The first-order valence-electron chi connectivity index (χ1n) is 9.53. The van der Waals surface area contributed by atoms with Gasteiger partial charge in [0.2, 0.25) is 0 Å². The van der Waals surface area contributed by atoms with Gasteiger partial charge in [-0.2, -0.15) is 5.10 Å². The summed E-state index contributed by atoms with van der Waals surface area (Å²) >= 11 is 1.63. The van der Waals surface area contributed by atoms with Crippen LogP contribution in [0.5, 0.6) is 5.75 Å². The summed E-state index contributed by atoms with van der Waals surface area (Å²) in [4.78, 5) is 24.5. The molecule has 1 heterocycles. The smallest absolute Gasteiger partial charge is 0.259 e. The molecule has 0 bridgehead atoms. The lowest BCUT2D eigenvalue weighted by Crippen LogP contribution is -2.35. The van der Waals surface area contributed by atoms with Gasteiger partial charge in [-0.15, -0.1) is 11.3 Å². The molecule has 156 valence electrons. The third-order valence-corrected chi connectivity index (χ3v) is 5.42. The maximum absolute atomic E-state index is 12.4. The van der Waals surface area contributed by atoms with Gasteiger partial charge in [-0.1, -0.05) is 18.2 Å². The van der Waals surface area contributed by atoms with Crippen molar-refractivity contribution < 1.29 is 14.3 Å². The van der Waals surface area contributed by atoms with E-state index in [1.807, 2.05) is 43.5 Å². The highest BCUT2D eigenvalue weighted by Gasteiger charge is 2.12. The van der Waals surface area contributed by atoms with Crippen LogP contribution in [0.1, 0.15) is 29.8 Å². The first-order chi connectivity index (χ1) is 14.5. The zero-order valence-corrected chi connectivity index (χ0v) is 17.9. The van der Waals surface area contributed by atoms with E-state index >= 15 is 0 Å². The number of amides is 2. The van der Waals surface area contributed by atoms with Crippen molar-refractivity contribution in [1.29, 1.82) is 0 Å². The van der Waals surface area contributed by atoms with Gasteiger partial charge in [0.25, 0.3) is 11.8 Å². The number of nitrogens with one attached hydrogen (secondary N) is 3. The fourth-order valence-corrected chi connectivity index (χ4v) is 3.94. The van der Waals surface area contributed by atoms with Crippen LogP contribution in [0.15, 0.2) is 52.9 Å². The number of methoxy groups -OCH3 is 1. The Morgan fingerprint density at radius 2 is 1.97 bits per heavy atom. The van der Waals surface area contributed by atoms with E-state index in [-0.39, 0.29) is 12.5 Å². The molecular weight excluding hydrogens is 400 g/mol. The third-order valence-electron chi connectivity index (χ3n) is 4.46. The van der Waals surface area contributed by atoms with E-state index in [2.05, 4.69) is 21.2 Å². The Kier molecular flexibility index (Phi) is 7.03. The molecule has 7 nitrogen and oxygen atoms in total. The van der Waals surface area contributed by atoms with Crippen LogP contribution in [0, 0.1) is 0 Å². The Morgan fingerprint density at radius 3 is 2.73 bits per heavy atom. The van der Waals surface area contributed by atoms with Gasteiger partial charge in [-0.25, -0.2) is 5.43 Å². The third kappa shape index (κ3) is 4.96. The van der Waals surface area contributed by atoms with E-state index < -0.39 is 5.91 Å². The molecule has 2 amide bonds. The maximum atomic E-state index is 12.4. The summed E-state index contributed by atoms with van der Waals surface area (Å²) in [6.07, 6.45) is 0. The molecule has 0 aliphatic carbocycles. The van der Waals surface area contributed by atoms with Crippen LogP contribution >= 0.6 is 11.3 Å². The summed E-state index contributed by atoms with van der Waals surface area (Å²) in [7, 11) is 1.54. The van der Waals surface area contributed by atoms with Crippen molar-refractivity contribution in [2.75, 3.05) is 25.5 Å². The van der Waals surface area contributed by atoms with Crippen molar-refractivity contribution in [3.05, 3.63) is 59.0 Å². The van der Waals surface area contributed by atoms with E-state index in [1.54, 1.807) is 36.6 Å². The van der Waals surface area contributed by atoms with Crippen LogP contribution < -0.4 is 20.8 Å². The van der Waals surface area contributed by atoms with Crippen LogP contribution in [0.25, 0.3) is 10.1 Å². The summed E-state index contributed by atoms with van der Waals surface area (Å²) in [6, 6.07) is 13.1. The Labute approximate surface area is 179 Å². The highest BCUT2D eigenvalue weighted by molar-refractivity contribution is 7.17. The number of rotatable bonds is 8. The molecule has 0 saturated carbocycles. The van der Waals surface area contributed by atoms with Gasteiger partial charge in [0, 0.05) is 33.1 Å². The Balaban J connectivity index is 1.57. The number of carbonyl (C=O) groups excluding carboxylic acids is 2. The molecule has 0 spiro atoms. The number of fused-ring (bicyclic) bond motifs is 1. The van der Waals surface area contributed by atoms with E-state index in [1.165, 1.54) is 0 Å². The van der Waals surface area contributed by atoms with E-state index in [0.29, 0.717) is 17.0 Å². The van der Waals surface area contributed by atoms with Crippen LogP contribution in [-0.4, -0.2) is 37.7 Å². The Hall–Kier alpha value is -3.39. The first kappa shape index (κ1) is 21.3. The van der Waals surface area contributed by atoms with Crippen LogP contribution in [0.3, 0.4) is 0 Å². The van der Waals surface area contributed by atoms with E-state index in [0.717, 1.165) is 27.9 Å². The summed E-state index contributed by atoms with van der Waals surface area (Å²) < 4.78 is 6.47. The molecular formula is C22H24N4O3S. The standard InChI is InChI=1S/C22H24N4O3S/c1-4-23-18-10-9-15(11-19(18)29-3)22(28)24-12-21(27)26-25-14(2)17-13-30-20-8-6-5-7-16(17)20/h5-11,13,23H,4,12H2,1-3H3,(H,24,28)(H,26,27)/b25-14+. The largest absolute Gasteiger partial charge is 0.495 e. The molecule has 30 heavy (non-hydrogen) atoms. The summed E-state index contributed by atoms with van der Waals surface area (Å²) in [6.45, 7) is 4.37. The Morgan fingerprint density at radius 1 is 1.17 bits per heavy atom. The van der Waals surface area contributed by atoms with Gasteiger partial charge in [0.05, 0.1) is 25.1 Å². The van der Waals surface area contributed by atoms with Gasteiger partial charge in [-0.05, 0) is 38.1 Å².